The van der Waals surface area contributed by atoms with E-state index in [9.17, 15) is 5.11 Å². The molecule has 3 rings (SSSR count). The van der Waals surface area contributed by atoms with Gasteiger partial charge in [-0.3, -0.25) is 0 Å². The van der Waals surface area contributed by atoms with E-state index in [1.807, 2.05) is 24.3 Å². The fourth-order valence-electron chi connectivity index (χ4n) is 3.81. The Morgan fingerprint density at radius 3 is 2.75 bits per heavy atom. The minimum atomic E-state index is -0.458. The van der Waals surface area contributed by atoms with Crippen LogP contribution in [0.4, 0.5) is 5.69 Å². The lowest BCUT2D eigenvalue weighted by Crippen LogP contribution is -2.40. The molecular formula is C22H31ClN2O2S. The molecule has 4 nitrogen and oxygen atoms in total. The van der Waals surface area contributed by atoms with Gasteiger partial charge in [0.05, 0.1) is 23.7 Å². The molecule has 0 bridgehead atoms. The standard InChI is InChI=1S/C22H31ClN2O2S/c1-25(18-8-3-2-4-9-18)14-19(26)16-27-15-17-7-5-6-10-21(17)24-13-20-11-12-22(23)28-20/h5-7,10-12,18-19,24,26H,2-4,8-9,13-16H2,1H3. The number of anilines is 1. The Labute approximate surface area is 177 Å². The third-order valence-electron chi connectivity index (χ3n) is 5.36. The van der Waals surface area contributed by atoms with Crippen LogP contribution in [0.2, 0.25) is 4.34 Å². The van der Waals surface area contributed by atoms with E-state index in [-0.39, 0.29) is 0 Å². The second-order valence-corrected chi connectivity index (χ2v) is 9.42. The van der Waals surface area contributed by atoms with Crippen molar-refractivity contribution < 1.29 is 9.84 Å². The van der Waals surface area contributed by atoms with E-state index in [1.54, 1.807) is 11.3 Å². The van der Waals surface area contributed by atoms with Gasteiger partial charge in [0.1, 0.15) is 0 Å². The molecule has 1 fully saturated rings. The van der Waals surface area contributed by atoms with Gasteiger partial charge in [-0.15, -0.1) is 11.3 Å². The molecular weight excluding hydrogens is 392 g/mol. The maximum Gasteiger partial charge on any atom is 0.0931 e. The zero-order chi connectivity index (χ0) is 19.8. The number of hydrogen-bond donors (Lipinski definition) is 2. The molecule has 0 amide bonds. The first kappa shape index (κ1) is 21.6. The van der Waals surface area contributed by atoms with Gasteiger partial charge in [-0.25, -0.2) is 0 Å². The van der Waals surface area contributed by atoms with Crippen LogP contribution in [0, 0.1) is 0 Å². The average Bonchev–Trinajstić information content (AvgIpc) is 3.13. The number of aliphatic hydroxyl groups is 1. The third kappa shape index (κ3) is 6.75. The van der Waals surface area contributed by atoms with Crippen LogP contribution in [0.15, 0.2) is 36.4 Å². The van der Waals surface area contributed by atoms with Crippen LogP contribution in [0.1, 0.15) is 42.5 Å². The second-order valence-electron chi connectivity index (χ2n) is 7.62. The Kier molecular flexibility index (Phi) is 8.62. The number of benzene rings is 1. The topological polar surface area (TPSA) is 44.7 Å². The monoisotopic (exact) mass is 422 g/mol. The number of aliphatic hydroxyl groups excluding tert-OH is 1. The highest BCUT2D eigenvalue weighted by molar-refractivity contribution is 7.16. The number of halogens is 1. The van der Waals surface area contributed by atoms with Gasteiger partial charge in [-0.2, -0.15) is 0 Å². The van der Waals surface area contributed by atoms with E-state index >= 15 is 0 Å². The Hall–Kier alpha value is -1.11. The highest BCUT2D eigenvalue weighted by Gasteiger charge is 2.20. The van der Waals surface area contributed by atoms with Crippen molar-refractivity contribution in [1.82, 2.24) is 4.90 Å². The molecule has 1 atom stereocenters. The maximum absolute atomic E-state index is 10.4. The summed E-state index contributed by atoms with van der Waals surface area (Å²) in [5.41, 5.74) is 2.15. The van der Waals surface area contributed by atoms with Crippen molar-refractivity contribution in [3.05, 3.63) is 51.2 Å². The van der Waals surface area contributed by atoms with Crippen LogP contribution in [0.5, 0.6) is 0 Å². The van der Waals surface area contributed by atoms with Crippen molar-refractivity contribution in [3.8, 4) is 0 Å². The summed E-state index contributed by atoms with van der Waals surface area (Å²) in [5, 5.41) is 13.8. The van der Waals surface area contributed by atoms with Crippen molar-refractivity contribution in [2.45, 2.75) is 57.4 Å². The molecule has 1 aromatic heterocycles. The SMILES string of the molecule is CN(CC(O)COCc1ccccc1NCc1ccc(Cl)s1)C1CCCCC1. The summed E-state index contributed by atoms with van der Waals surface area (Å²) in [6.07, 6.45) is 6.01. The quantitative estimate of drug-likeness (QED) is 0.555. The van der Waals surface area contributed by atoms with Gasteiger partial charge in [0.15, 0.2) is 0 Å². The van der Waals surface area contributed by atoms with Crippen LogP contribution >= 0.6 is 22.9 Å². The first-order valence-electron chi connectivity index (χ1n) is 10.1. The van der Waals surface area contributed by atoms with Gasteiger partial charge < -0.3 is 20.1 Å². The van der Waals surface area contributed by atoms with E-state index in [1.165, 1.54) is 37.0 Å². The van der Waals surface area contributed by atoms with Gasteiger partial charge in [-0.05, 0) is 38.1 Å². The predicted molar refractivity (Wildman–Crippen MR) is 118 cm³/mol. The van der Waals surface area contributed by atoms with Crippen LogP contribution < -0.4 is 5.32 Å². The minimum absolute atomic E-state index is 0.353. The van der Waals surface area contributed by atoms with Crippen molar-refractivity contribution in [3.63, 3.8) is 0 Å². The van der Waals surface area contributed by atoms with Gasteiger partial charge >= 0.3 is 0 Å². The van der Waals surface area contributed by atoms with Crippen molar-refractivity contribution >= 4 is 28.6 Å². The number of likely N-dealkylation sites (N-methyl/N-ethyl adjacent to an activating group) is 1. The van der Waals surface area contributed by atoms with E-state index in [2.05, 4.69) is 29.4 Å². The summed E-state index contributed by atoms with van der Waals surface area (Å²) in [4.78, 5) is 3.50. The number of thiophene rings is 1. The molecule has 0 saturated heterocycles. The molecule has 2 N–H and O–H groups in total. The summed E-state index contributed by atoms with van der Waals surface area (Å²) < 4.78 is 6.64. The van der Waals surface area contributed by atoms with Crippen molar-refractivity contribution in [2.24, 2.45) is 0 Å². The summed E-state index contributed by atoms with van der Waals surface area (Å²) in [5.74, 6) is 0. The van der Waals surface area contributed by atoms with E-state index < -0.39 is 6.10 Å². The molecule has 1 aliphatic rings. The maximum atomic E-state index is 10.4. The Morgan fingerprint density at radius 1 is 1.21 bits per heavy atom. The average molecular weight is 423 g/mol. The number of nitrogens with zero attached hydrogens (tertiary/aromatic N) is 1. The van der Waals surface area contributed by atoms with Crippen molar-refractivity contribution in [1.29, 1.82) is 0 Å². The fourth-order valence-corrected chi connectivity index (χ4v) is 4.84. The van der Waals surface area contributed by atoms with Gasteiger partial charge in [0.25, 0.3) is 0 Å². The second kappa shape index (κ2) is 11.2. The highest BCUT2D eigenvalue weighted by atomic mass is 35.5. The normalized spacial score (nSPS) is 16.4. The molecule has 1 heterocycles. The van der Waals surface area contributed by atoms with Crippen molar-refractivity contribution in [2.75, 3.05) is 25.5 Å². The Morgan fingerprint density at radius 2 is 2.00 bits per heavy atom. The number of ether oxygens (including phenoxy) is 1. The number of nitrogens with one attached hydrogen (secondary N) is 1. The number of hydrogen-bond acceptors (Lipinski definition) is 5. The van der Waals surface area contributed by atoms with Gasteiger partial charge in [0, 0.05) is 35.3 Å². The lowest BCUT2D eigenvalue weighted by molar-refractivity contribution is 0.00501. The Balaban J connectivity index is 1.42. The van der Waals surface area contributed by atoms with E-state index in [0.717, 1.165) is 22.1 Å². The molecule has 0 radical (unpaired) electrons. The summed E-state index contributed by atoms with van der Waals surface area (Å²) in [6.45, 7) is 2.25. The summed E-state index contributed by atoms with van der Waals surface area (Å²) >= 11 is 7.59. The molecule has 28 heavy (non-hydrogen) atoms. The molecule has 1 saturated carbocycles. The summed E-state index contributed by atoms with van der Waals surface area (Å²) in [6, 6.07) is 12.7. The zero-order valence-corrected chi connectivity index (χ0v) is 18.1. The van der Waals surface area contributed by atoms with E-state index in [4.69, 9.17) is 16.3 Å². The van der Waals surface area contributed by atoms with E-state index in [0.29, 0.717) is 25.8 Å². The molecule has 1 unspecified atom stereocenters. The lowest BCUT2D eigenvalue weighted by Gasteiger charge is -2.32. The molecule has 6 heteroatoms. The first-order valence-corrected chi connectivity index (χ1v) is 11.3. The molecule has 0 aliphatic heterocycles. The number of para-hydroxylation sites is 1. The third-order valence-corrected chi connectivity index (χ3v) is 6.60. The van der Waals surface area contributed by atoms with Gasteiger partial charge in [-0.1, -0.05) is 49.1 Å². The lowest BCUT2D eigenvalue weighted by atomic mass is 9.94. The molecule has 2 aromatic rings. The van der Waals surface area contributed by atoms with Crippen LogP contribution in [0.25, 0.3) is 0 Å². The number of rotatable bonds is 10. The molecule has 1 aromatic carbocycles. The molecule has 1 aliphatic carbocycles. The predicted octanol–water partition coefficient (Wildman–Crippen LogP) is 5.16. The smallest absolute Gasteiger partial charge is 0.0931 e. The first-order chi connectivity index (χ1) is 13.6. The van der Waals surface area contributed by atoms with Gasteiger partial charge in [0.2, 0.25) is 0 Å². The fraction of sp³-hybridized carbons (Fsp3) is 0.545. The molecule has 154 valence electrons. The largest absolute Gasteiger partial charge is 0.389 e. The molecule has 0 spiro atoms. The van der Waals surface area contributed by atoms with Crippen LogP contribution in [0.3, 0.4) is 0 Å². The minimum Gasteiger partial charge on any atom is -0.389 e. The highest BCUT2D eigenvalue weighted by Crippen LogP contribution is 2.24. The Bertz CT molecular complexity index is 718. The zero-order valence-electron chi connectivity index (χ0n) is 16.6. The van der Waals surface area contributed by atoms with Crippen LogP contribution in [-0.2, 0) is 17.9 Å². The summed E-state index contributed by atoms with van der Waals surface area (Å²) in [7, 11) is 2.12. The van der Waals surface area contributed by atoms with Crippen LogP contribution in [-0.4, -0.2) is 42.4 Å².